The Morgan fingerprint density at radius 3 is 2.41 bits per heavy atom. The lowest BCUT2D eigenvalue weighted by Gasteiger charge is -2.28. The van der Waals surface area contributed by atoms with Crippen LogP contribution in [0, 0.1) is 16.7 Å². The number of carbonyl (C=O) groups is 1. The fourth-order valence-corrected chi connectivity index (χ4v) is 2.67. The third-order valence-electron chi connectivity index (χ3n) is 4.49. The molecule has 0 saturated heterocycles. The van der Waals surface area contributed by atoms with Crippen molar-refractivity contribution in [3.8, 4) is 17.5 Å². The van der Waals surface area contributed by atoms with Crippen molar-refractivity contribution in [1.82, 2.24) is 15.0 Å². The van der Waals surface area contributed by atoms with Crippen LogP contribution in [0.3, 0.4) is 0 Å². The molecule has 0 N–H and O–H groups in total. The van der Waals surface area contributed by atoms with Gasteiger partial charge >= 0.3 is 12.1 Å². The summed E-state index contributed by atoms with van der Waals surface area (Å²) in [4.78, 5) is 17.6. The summed E-state index contributed by atoms with van der Waals surface area (Å²) in [5.41, 5.74) is 0.258. The summed E-state index contributed by atoms with van der Waals surface area (Å²) in [6.45, 7) is 4.05. The number of nitrogens with zero attached hydrogens (tertiary/aromatic N) is 4. The van der Waals surface area contributed by atoms with Crippen molar-refractivity contribution in [2.75, 3.05) is 0 Å². The van der Waals surface area contributed by atoms with Gasteiger partial charge in [0.1, 0.15) is 5.41 Å². The summed E-state index contributed by atoms with van der Waals surface area (Å²) in [5, 5.41) is 12.6. The number of rotatable bonds is 5. The van der Waals surface area contributed by atoms with E-state index in [-0.39, 0.29) is 17.8 Å². The van der Waals surface area contributed by atoms with Gasteiger partial charge in [0.05, 0.1) is 6.07 Å². The fraction of sp³-hybridized carbons (Fsp3) is 0.444. The summed E-state index contributed by atoms with van der Waals surface area (Å²) in [6, 6.07) is 8.54. The van der Waals surface area contributed by atoms with E-state index in [0.29, 0.717) is 24.9 Å². The fourth-order valence-electron chi connectivity index (χ4n) is 2.67. The number of alkyl halides is 3. The Hall–Kier alpha value is -2.89. The van der Waals surface area contributed by atoms with E-state index in [0.717, 1.165) is 5.56 Å². The molecular formula is C18H17F3N4O2. The highest BCUT2D eigenvalue weighted by atomic mass is 19.4. The van der Waals surface area contributed by atoms with Crippen LogP contribution in [-0.4, -0.2) is 27.0 Å². The second-order valence-electron chi connectivity index (χ2n) is 6.84. The minimum Gasteiger partial charge on any atom is -0.335 e. The predicted octanol–water partition coefficient (Wildman–Crippen LogP) is 3.80. The molecule has 0 unspecified atom stereocenters. The van der Waals surface area contributed by atoms with Gasteiger partial charge in [0.25, 0.3) is 0 Å². The molecule has 142 valence electrons. The number of benzene rings is 1. The molecule has 1 heterocycles. The molecule has 1 aliphatic rings. The molecule has 1 fully saturated rings. The first kappa shape index (κ1) is 18.9. The van der Waals surface area contributed by atoms with E-state index in [1.165, 1.54) is 0 Å². The molecule has 1 aromatic heterocycles. The van der Waals surface area contributed by atoms with Gasteiger partial charge in [-0.05, 0) is 32.3 Å². The van der Waals surface area contributed by atoms with Crippen molar-refractivity contribution in [2.24, 2.45) is 5.41 Å². The molecule has 9 heteroatoms. The second kappa shape index (κ2) is 6.68. The van der Waals surface area contributed by atoms with Crippen LogP contribution in [0.4, 0.5) is 13.2 Å². The van der Waals surface area contributed by atoms with E-state index in [4.69, 9.17) is 0 Å². The predicted molar refractivity (Wildman–Crippen MR) is 87.7 cm³/mol. The Kier molecular flexibility index (Phi) is 4.68. The second-order valence-corrected chi connectivity index (χ2v) is 6.84. The third-order valence-corrected chi connectivity index (χ3v) is 4.49. The first-order valence-corrected chi connectivity index (χ1v) is 8.39. The Balaban J connectivity index is 1.76. The van der Waals surface area contributed by atoms with Gasteiger partial charge in [-0.25, -0.2) is 0 Å². The van der Waals surface area contributed by atoms with Crippen LogP contribution in [0.2, 0.25) is 0 Å². The number of carbonyl (C=O) groups excluding carboxylic acids is 1. The Morgan fingerprint density at radius 1 is 1.33 bits per heavy atom. The maximum Gasteiger partial charge on any atom is 0.471 e. The van der Waals surface area contributed by atoms with Gasteiger partial charge in [-0.15, -0.1) is 0 Å². The van der Waals surface area contributed by atoms with Crippen LogP contribution in [-0.2, 0) is 17.5 Å². The Bertz CT molecular complexity index is 877. The van der Waals surface area contributed by atoms with Crippen molar-refractivity contribution in [1.29, 1.82) is 5.26 Å². The standard InChI is InChI=1S/C18H17F3N4O2/c1-11(2)25(16(26)17(10-22)7-8-17)9-12-3-5-13(6-4-12)14-23-15(27-24-14)18(19,20)21/h3-6,11H,7-9H2,1-2H3. The van der Waals surface area contributed by atoms with Crippen molar-refractivity contribution < 1.29 is 22.5 Å². The molecule has 0 bridgehead atoms. The van der Waals surface area contributed by atoms with E-state index >= 15 is 0 Å². The van der Waals surface area contributed by atoms with Gasteiger partial charge in [0.2, 0.25) is 11.7 Å². The normalized spacial score (nSPS) is 15.4. The number of amides is 1. The van der Waals surface area contributed by atoms with Crippen molar-refractivity contribution in [3.63, 3.8) is 0 Å². The molecule has 6 nitrogen and oxygen atoms in total. The highest BCUT2D eigenvalue weighted by molar-refractivity contribution is 5.88. The lowest BCUT2D eigenvalue weighted by atomic mass is 10.0. The zero-order valence-electron chi connectivity index (χ0n) is 14.7. The van der Waals surface area contributed by atoms with Gasteiger partial charge < -0.3 is 9.42 Å². The molecule has 2 aromatic rings. The lowest BCUT2D eigenvalue weighted by Crippen LogP contribution is -2.40. The molecule has 0 radical (unpaired) electrons. The minimum absolute atomic E-state index is 0.0884. The van der Waals surface area contributed by atoms with Gasteiger partial charge in [-0.3, -0.25) is 4.79 Å². The number of aromatic nitrogens is 2. The molecule has 1 saturated carbocycles. The SMILES string of the molecule is CC(C)N(Cc1ccc(-c2noc(C(F)(F)F)n2)cc1)C(=O)C1(C#N)CC1. The zero-order valence-corrected chi connectivity index (χ0v) is 14.7. The first-order valence-electron chi connectivity index (χ1n) is 8.39. The molecular weight excluding hydrogens is 361 g/mol. The van der Waals surface area contributed by atoms with E-state index in [1.807, 2.05) is 13.8 Å². The number of hydrogen-bond acceptors (Lipinski definition) is 5. The summed E-state index contributed by atoms with van der Waals surface area (Å²) in [5.74, 6) is -1.74. The van der Waals surface area contributed by atoms with E-state index in [1.54, 1.807) is 29.2 Å². The van der Waals surface area contributed by atoms with Crippen LogP contribution in [0.25, 0.3) is 11.4 Å². The van der Waals surface area contributed by atoms with Crippen LogP contribution >= 0.6 is 0 Å². The maximum atomic E-state index is 12.7. The first-order chi connectivity index (χ1) is 12.7. The van der Waals surface area contributed by atoms with Crippen LogP contribution < -0.4 is 0 Å². The Morgan fingerprint density at radius 2 is 1.96 bits per heavy atom. The molecule has 0 atom stereocenters. The van der Waals surface area contributed by atoms with Crippen molar-refractivity contribution in [2.45, 2.75) is 45.5 Å². The number of halogens is 3. The zero-order chi connectivity index (χ0) is 19.8. The number of nitriles is 1. The largest absolute Gasteiger partial charge is 0.471 e. The third kappa shape index (κ3) is 3.79. The van der Waals surface area contributed by atoms with Crippen LogP contribution in [0.1, 0.15) is 38.1 Å². The smallest absolute Gasteiger partial charge is 0.335 e. The summed E-state index contributed by atoms with van der Waals surface area (Å²) < 4.78 is 41.9. The summed E-state index contributed by atoms with van der Waals surface area (Å²) in [7, 11) is 0. The maximum absolute atomic E-state index is 12.7. The molecule has 1 amide bonds. The van der Waals surface area contributed by atoms with Crippen LogP contribution in [0.5, 0.6) is 0 Å². The molecule has 1 aromatic carbocycles. The molecule has 0 spiro atoms. The average molecular weight is 378 g/mol. The van der Waals surface area contributed by atoms with E-state index in [2.05, 4.69) is 20.7 Å². The highest BCUT2D eigenvalue weighted by Crippen LogP contribution is 2.47. The topological polar surface area (TPSA) is 83.0 Å². The van der Waals surface area contributed by atoms with E-state index in [9.17, 15) is 23.2 Å². The van der Waals surface area contributed by atoms with Gasteiger partial charge in [0.15, 0.2) is 0 Å². The average Bonchev–Trinajstić information content (AvgIpc) is 3.25. The van der Waals surface area contributed by atoms with Gasteiger partial charge in [-0.2, -0.15) is 23.4 Å². The highest BCUT2D eigenvalue weighted by Gasteiger charge is 2.52. The summed E-state index contributed by atoms with van der Waals surface area (Å²) >= 11 is 0. The van der Waals surface area contributed by atoms with Gasteiger partial charge in [0, 0.05) is 18.2 Å². The van der Waals surface area contributed by atoms with Crippen molar-refractivity contribution >= 4 is 5.91 Å². The number of hydrogen-bond donors (Lipinski definition) is 0. The Labute approximate surface area is 153 Å². The molecule has 27 heavy (non-hydrogen) atoms. The monoisotopic (exact) mass is 378 g/mol. The molecule has 3 rings (SSSR count). The van der Waals surface area contributed by atoms with Crippen molar-refractivity contribution in [3.05, 3.63) is 35.7 Å². The quantitative estimate of drug-likeness (QED) is 0.790. The molecule has 0 aliphatic heterocycles. The minimum atomic E-state index is -4.69. The summed E-state index contributed by atoms with van der Waals surface area (Å²) in [6.07, 6.45) is -3.55. The van der Waals surface area contributed by atoms with Crippen LogP contribution in [0.15, 0.2) is 28.8 Å². The van der Waals surface area contributed by atoms with Gasteiger partial charge in [-0.1, -0.05) is 29.4 Å². The molecule has 1 aliphatic carbocycles. The van der Waals surface area contributed by atoms with E-state index < -0.39 is 17.5 Å². The lowest BCUT2D eigenvalue weighted by molar-refractivity contribution is -0.159.